The van der Waals surface area contributed by atoms with Crippen molar-refractivity contribution < 1.29 is 13.9 Å². The number of hydrogen-bond donors (Lipinski definition) is 0. The molecule has 0 saturated carbocycles. The number of rotatable bonds is 4. The monoisotopic (exact) mass is 357 g/mol. The van der Waals surface area contributed by atoms with Crippen LogP contribution in [-0.2, 0) is 16.1 Å². The first-order chi connectivity index (χ1) is 10.7. The number of hydrogen-bond acceptors (Lipinski definition) is 4. The largest absolute Gasteiger partial charge is 0.458 e. The molecule has 0 aliphatic heterocycles. The van der Waals surface area contributed by atoms with Crippen molar-refractivity contribution >= 4 is 39.1 Å². The van der Waals surface area contributed by atoms with E-state index in [0.29, 0.717) is 11.5 Å². The van der Waals surface area contributed by atoms with Gasteiger partial charge in [-0.3, -0.25) is 0 Å². The molecule has 0 fully saturated rings. The summed E-state index contributed by atoms with van der Waals surface area (Å²) < 4.78 is 11.6. The molecule has 0 aliphatic carbocycles. The molecule has 1 aromatic heterocycles. The summed E-state index contributed by atoms with van der Waals surface area (Å²) in [5.41, 5.74) is 2.36. The van der Waals surface area contributed by atoms with Gasteiger partial charge in [0, 0.05) is 16.6 Å². The van der Waals surface area contributed by atoms with Gasteiger partial charge in [0.1, 0.15) is 12.1 Å². The lowest BCUT2D eigenvalue weighted by molar-refractivity contribution is -0.138. The minimum atomic E-state index is -0.440. The van der Waals surface area contributed by atoms with Gasteiger partial charge in [-0.05, 0) is 29.8 Å². The fraction of sp³-hybridized carbons (Fsp3) is 0.0588. The highest BCUT2D eigenvalue weighted by molar-refractivity contribution is 9.10. The number of carbonyl (C=O) groups is 1. The summed E-state index contributed by atoms with van der Waals surface area (Å²) in [6.07, 6.45) is 2.81. The van der Waals surface area contributed by atoms with Crippen molar-refractivity contribution in [1.82, 2.24) is 4.98 Å². The Morgan fingerprint density at radius 3 is 2.73 bits per heavy atom. The lowest BCUT2D eigenvalue weighted by Crippen LogP contribution is -2.00. The number of oxazole rings is 1. The van der Waals surface area contributed by atoms with E-state index in [1.807, 2.05) is 48.5 Å². The van der Waals surface area contributed by atoms with E-state index in [-0.39, 0.29) is 6.61 Å². The van der Waals surface area contributed by atoms with Crippen molar-refractivity contribution in [1.29, 1.82) is 0 Å². The van der Waals surface area contributed by atoms with Crippen LogP contribution in [0, 0.1) is 0 Å². The quantitative estimate of drug-likeness (QED) is 0.514. The Hall–Kier alpha value is -2.40. The first-order valence-corrected chi connectivity index (χ1v) is 7.45. The summed E-state index contributed by atoms with van der Waals surface area (Å²) in [5.74, 6) is -0.0630. The van der Waals surface area contributed by atoms with Crippen LogP contribution in [0.2, 0.25) is 0 Å². The second-order valence-corrected chi connectivity index (χ2v) is 5.50. The molecule has 0 N–H and O–H groups in total. The van der Waals surface area contributed by atoms with Gasteiger partial charge in [0.2, 0.25) is 5.89 Å². The first kappa shape index (κ1) is 14.5. The molecule has 3 aromatic rings. The normalized spacial score (nSPS) is 11.1. The van der Waals surface area contributed by atoms with Crippen molar-refractivity contribution in [2.24, 2.45) is 0 Å². The average Bonchev–Trinajstić information content (AvgIpc) is 2.95. The Balaban J connectivity index is 1.59. The molecule has 0 spiro atoms. The number of carbonyl (C=O) groups excluding carboxylic acids is 1. The Morgan fingerprint density at radius 2 is 1.95 bits per heavy atom. The topological polar surface area (TPSA) is 52.3 Å². The van der Waals surface area contributed by atoms with Gasteiger partial charge in [-0.2, -0.15) is 0 Å². The molecule has 0 unspecified atom stereocenters. The molecule has 4 nitrogen and oxygen atoms in total. The Kier molecular flexibility index (Phi) is 4.34. The molecule has 3 rings (SSSR count). The minimum absolute atomic E-state index is 0.226. The zero-order valence-electron chi connectivity index (χ0n) is 11.5. The van der Waals surface area contributed by atoms with E-state index < -0.39 is 5.97 Å². The predicted octanol–water partition coefficient (Wildman–Crippen LogP) is 4.35. The zero-order chi connectivity index (χ0) is 15.4. The number of esters is 1. The van der Waals surface area contributed by atoms with Crippen LogP contribution in [0.1, 0.15) is 11.5 Å². The van der Waals surface area contributed by atoms with Crippen LogP contribution in [0.15, 0.2) is 63.5 Å². The van der Waals surface area contributed by atoms with Gasteiger partial charge >= 0.3 is 5.97 Å². The molecule has 5 heteroatoms. The van der Waals surface area contributed by atoms with E-state index in [0.717, 1.165) is 15.6 Å². The van der Waals surface area contributed by atoms with Crippen LogP contribution in [-0.4, -0.2) is 11.0 Å². The molecule has 0 atom stereocenters. The van der Waals surface area contributed by atoms with Crippen LogP contribution >= 0.6 is 15.9 Å². The molecule has 0 bridgehead atoms. The fourth-order valence-electron chi connectivity index (χ4n) is 1.88. The number of ether oxygens (including phenoxy) is 1. The smallest absolute Gasteiger partial charge is 0.331 e. The molecule has 0 saturated heterocycles. The molecular weight excluding hydrogens is 346 g/mol. The average molecular weight is 358 g/mol. The number of fused-ring (bicyclic) bond motifs is 1. The first-order valence-electron chi connectivity index (χ1n) is 6.65. The standard InChI is InChI=1S/C17H12BrNO3/c18-13-7-5-12(6-8-13)11-21-17(20)10-9-16-19-14-3-1-2-4-15(14)22-16/h1-10H,11H2/b10-9+. The molecular formula is C17H12BrNO3. The third kappa shape index (κ3) is 3.62. The van der Waals surface area contributed by atoms with E-state index >= 15 is 0 Å². The molecule has 0 radical (unpaired) electrons. The van der Waals surface area contributed by atoms with Gasteiger partial charge in [0.05, 0.1) is 0 Å². The summed E-state index contributed by atoms with van der Waals surface area (Å²) in [7, 11) is 0. The molecule has 110 valence electrons. The van der Waals surface area contributed by atoms with Crippen molar-refractivity contribution in [3.05, 3.63) is 70.5 Å². The minimum Gasteiger partial charge on any atom is -0.458 e. The van der Waals surface area contributed by atoms with Gasteiger partial charge in [-0.1, -0.05) is 40.2 Å². The summed E-state index contributed by atoms with van der Waals surface area (Å²) in [5, 5.41) is 0. The molecule has 2 aromatic carbocycles. The van der Waals surface area contributed by atoms with Crippen molar-refractivity contribution in [3.63, 3.8) is 0 Å². The molecule has 22 heavy (non-hydrogen) atoms. The van der Waals surface area contributed by atoms with Gasteiger partial charge in [-0.15, -0.1) is 0 Å². The van der Waals surface area contributed by atoms with Crippen molar-refractivity contribution in [2.75, 3.05) is 0 Å². The highest BCUT2D eigenvalue weighted by Gasteiger charge is 2.03. The van der Waals surface area contributed by atoms with Crippen molar-refractivity contribution in [3.8, 4) is 0 Å². The van der Waals surface area contributed by atoms with Gasteiger partial charge in [0.25, 0.3) is 0 Å². The Labute approximate surface area is 135 Å². The van der Waals surface area contributed by atoms with Crippen LogP contribution in [0.3, 0.4) is 0 Å². The lowest BCUT2D eigenvalue weighted by atomic mass is 10.2. The highest BCUT2D eigenvalue weighted by Crippen LogP contribution is 2.15. The van der Waals surface area contributed by atoms with Gasteiger partial charge in [-0.25, -0.2) is 9.78 Å². The maximum atomic E-state index is 11.7. The van der Waals surface area contributed by atoms with Crippen LogP contribution in [0.5, 0.6) is 0 Å². The number of aromatic nitrogens is 1. The second-order valence-electron chi connectivity index (χ2n) is 4.59. The zero-order valence-corrected chi connectivity index (χ0v) is 13.1. The van der Waals surface area contributed by atoms with E-state index in [2.05, 4.69) is 20.9 Å². The Morgan fingerprint density at radius 1 is 1.18 bits per heavy atom. The van der Waals surface area contributed by atoms with E-state index in [1.165, 1.54) is 12.2 Å². The van der Waals surface area contributed by atoms with Crippen molar-refractivity contribution in [2.45, 2.75) is 6.61 Å². The predicted molar refractivity (Wildman–Crippen MR) is 87.0 cm³/mol. The van der Waals surface area contributed by atoms with Crippen LogP contribution in [0.4, 0.5) is 0 Å². The molecule has 1 heterocycles. The molecule has 0 amide bonds. The van der Waals surface area contributed by atoms with Crippen LogP contribution < -0.4 is 0 Å². The molecule has 0 aliphatic rings. The third-order valence-electron chi connectivity index (χ3n) is 2.97. The van der Waals surface area contributed by atoms with Crippen LogP contribution in [0.25, 0.3) is 17.2 Å². The maximum Gasteiger partial charge on any atom is 0.331 e. The number of para-hydroxylation sites is 2. The van der Waals surface area contributed by atoms with E-state index in [1.54, 1.807) is 0 Å². The Bertz CT molecular complexity index is 788. The lowest BCUT2D eigenvalue weighted by Gasteiger charge is -2.01. The number of benzene rings is 2. The fourth-order valence-corrected chi connectivity index (χ4v) is 2.15. The number of nitrogens with zero attached hydrogens (tertiary/aromatic N) is 1. The number of halogens is 1. The highest BCUT2D eigenvalue weighted by atomic mass is 79.9. The van der Waals surface area contributed by atoms with E-state index in [4.69, 9.17) is 9.15 Å². The summed E-state index contributed by atoms with van der Waals surface area (Å²) in [6.45, 7) is 0.226. The van der Waals surface area contributed by atoms with Gasteiger partial charge < -0.3 is 9.15 Å². The SMILES string of the molecule is O=C(/C=C/c1nc2ccccc2o1)OCc1ccc(Br)cc1. The third-order valence-corrected chi connectivity index (χ3v) is 3.50. The maximum absolute atomic E-state index is 11.7. The summed E-state index contributed by atoms with van der Waals surface area (Å²) in [6, 6.07) is 15.0. The summed E-state index contributed by atoms with van der Waals surface area (Å²) in [4.78, 5) is 15.9. The summed E-state index contributed by atoms with van der Waals surface area (Å²) >= 11 is 3.35. The van der Waals surface area contributed by atoms with E-state index in [9.17, 15) is 4.79 Å². The van der Waals surface area contributed by atoms with Gasteiger partial charge in [0.15, 0.2) is 5.58 Å². The second kappa shape index (κ2) is 6.58.